The lowest BCUT2D eigenvalue weighted by molar-refractivity contribution is 0.617. The number of fused-ring (bicyclic) bond motifs is 1. The van der Waals surface area contributed by atoms with Crippen molar-refractivity contribution in [3.05, 3.63) is 70.5 Å². The number of hydrogen-bond donors (Lipinski definition) is 0. The monoisotopic (exact) mass is 342 g/mol. The molecule has 0 bridgehead atoms. The van der Waals surface area contributed by atoms with E-state index in [1.54, 1.807) is 6.07 Å². The Kier molecular flexibility index (Phi) is 3.40. The van der Waals surface area contributed by atoms with Crippen LogP contribution in [0.3, 0.4) is 0 Å². The van der Waals surface area contributed by atoms with Gasteiger partial charge in [0.05, 0.1) is 15.6 Å². The summed E-state index contributed by atoms with van der Waals surface area (Å²) in [6, 6.07) is 13.5. The fourth-order valence-corrected chi connectivity index (χ4v) is 3.00. The average Bonchev–Trinajstić information content (AvgIpc) is 3.19. The van der Waals surface area contributed by atoms with E-state index in [9.17, 15) is 0 Å². The third kappa shape index (κ3) is 2.42. The Morgan fingerprint density at radius 2 is 1.83 bits per heavy atom. The summed E-state index contributed by atoms with van der Waals surface area (Å²) < 4.78 is 7.96. The van der Waals surface area contributed by atoms with E-state index in [2.05, 4.69) is 11.1 Å². The van der Waals surface area contributed by atoms with Crippen molar-refractivity contribution in [3.63, 3.8) is 0 Å². The predicted octanol–water partition coefficient (Wildman–Crippen LogP) is 5.90. The summed E-state index contributed by atoms with van der Waals surface area (Å²) in [6.07, 6.45) is 3.99. The fourth-order valence-electron chi connectivity index (χ4n) is 2.62. The zero-order valence-electron chi connectivity index (χ0n) is 12.3. The van der Waals surface area contributed by atoms with Gasteiger partial charge < -0.3 is 8.98 Å². The van der Waals surface area contributed by atoms with Crippen molar-refractivity contribution in [3.8, 4) is 17.1 Å². The Hall–Kier alpha value is -2.23. The zero-order chi connectivity index (χ0) is 16.0. The van der Waals surface area contributed by atoms with Crippen molar-refractivity contribution >= 4 is 34.3 Å². The summed E-state index contributed by atoms with van der Waals surface area (Å²) >= 11 is 12.4. The first-order valence-corrected chi connectivity index (χ1v) is 7.88. The van der Waals surface area contributed by atoms with Crippen LogP contribution in [0, 0.1) is 6.92 Å². The average molecular weight is 343 g/mol. The summed E-state index contributed by atoms with van der Waals surface area (Å²) in [5.74, 6) is 0.472. The number of aromatic nitrogens is 2. The van der Waals surface area contributed by atoms with Gasteiger partial charge in [-0.2, -0.15) is 0 Å². The van der Waals surface area contributed by atoms with Crippen LogP contribution in [0.4, 0.5) is 0 Å². The summed E-state index contributed by atoms with van der Waals surface area (Å²) in [7, 11) is 0. The first kappa shape index (κ1) is 14.4. The predicted molar refractivity (Wildman–Crippen MR) is 93.5 cm³/mol. The Labute approximate surface area is 143 Å². The molecule has 0 aliphatic rings. The molecule has 0 atom stereocenters. The fraction of sp³-hybridized carbons (Fsp3) is 0.0556. The normalized spacial score (nSPS) is 11.3. The van der Waals surface area contributed by atoms with E-state index in [0.29, 0.717) is 21.5 Å². The van der Waals surface area contributed by atoms with Crippen molar-refractivity contribution in [1.82, 2.24) is 9.55 Å². The lowest BCUT2D eigenvalue weighted by Gasteiger charge is -2.03. The summed E-state index contributed by atoms with van der Waals surface area (Å²) in [4.78, 5) is 4.59. The van der Waals surface area contributed by atoms with Crippen molar-refractivity contribution in [2.45, 2.75) is 6.92 Å². The molecule has 2 heterocycles. The smallest absolute Gasteiger partial charge is 0.228 e. The largest absolute Gasteiger partial charge is 0.436 e. The van der Waals surface area contributed by atoms with E-state index in [4.69, 9.17) is 27.6 Å². The van der Waals surface area contributed by atoms with Crippen LogP contribution in [-0.2, 0) is 0 Å². The topological polar surface area (TPSA) is 31.0 Å². The maximum absolute atomic E-state index is 6.27. The number of rotatable bonds is 2. The second kappa shape index (κ2) is 5.44. The highest BCUT2D eigenvalue weighted by atomic mass is 35.5. The second-order valence-corrected chi connectivity index (χ2v) is 6.11. The van der Waals surface area contributed by atoms with E-state index in [0.717, 1.165) is 22.4 Å². The van der Waals surface area contributed by atoms with E-state index >= 15 is 0 Å². The molecule has 0 saturated carbocycles. The molecule has 114 valence electrons. The molecule has 0 radical (unpaired) electrons. The third-order valence-corrected chi connectivity index (χ3v) is 4.56. The van der Waals surface area contributed by atoms with Gasteiger partial charge in [-0.3, -0.25) is 0 Å². The minimum absolute atomic E-state index is 0.448. The van der Waals surface area contributed by atoms with Gasteiger partial charge in [-0.15, -0.1) is 0 Å². The standard InChI is InChI=1S/C18H12Cl2N2O/c1-11-9-12(22-7-2-3-8-22)10-15-17(11)23-18(21-15)13-5-4-6-14(19)16(13)20/h2-10H,1H3. The summed E-state index contributed by atoms with van der Waals surface area (Å²) in [5, 5.41) is 0.931. The molecule has 2 aromatic heterocycles. The van der Waals surface area contributed by atoms with Gasteiger partial charge >= 0.3 is 0 Å². The molecule has 4 aromatic rings. The van der Waals surface area contributed by atoms with Crippen LogP contribution in [0.15, 0.2) is 59.3 Å². The molecule has 23 heavy (non-hydrogen) atoms. The molecule has 0 spiro atoms. The summed E-state index contributed by atoms with van der Waals surface area (Å²) in [6.45, 7) is 2.00. The first-order chi connectivity index (χ1) is 11.1. The number of aryl methyl sites for hydroxylation is 1. The molecule has 0 unspecified atom stereocenters. The van der Waals surface area contributed by atoms with Crippen LogP contribution in [-0.4, -0.2) is 9.55 Å². The molecule has 0 N–H and O–H groups in total. The first-order valence-electron chi connectivity index (χ1n) is 7.12. The molecular weight excluding hydrogens is 331 g/mol. The highest BCUT2D eigenvalue weighted by molar-refractivity contribution is 6.43. The van der Waals surface area contributed by atoms with Crippen molar-refractivity contribution in [2.24, 2.45) is 0 Å². The van der Waals surface area contributed by atoms with Crippen LogP contribution in [0.5, 0.6) is 0 Å². The van der Waals surface area contributed by atoms with Crippen LogP contribution in [0.2, 0.25) is 10.0 Å². The third-order valence-electron chi connectivity index (χ3n) is 3.75. The van der Waals surface area contributed by atoms with E-state index < -0.39 is 0 Å². The zero-order valence-corrected chi connectivity index (χ0v) is 13.8. The molecule has 0 aliphatic heterocycles. The van der Waals surface area contributed by atoms with Gasteiger partial charge in [0, 0.05) is 18.1 Å². The summed E-state index contributed by atoms with van der Waals surface area (Å²) in [5.41, 5.74) is 4.30. The highest BCUT2D eigenvalue weighted by Crippen LogP contribution is 2.35. The number of benzene rings is 2. The molecule has 2 aromatic carbocycles. The van der Waals surface area contributed by atoms with Gasteiger partial charge in [-0.25, -0.2) is 4.98 Å². The Balaban J connectivity index is 1.91. The molecule has 4 rings (SSSR count). The van der Waals surface area contributed by atoms with Crippen LogP contribution in [0.1, 0.15) is 5.56 Å². The Morgan fingerprint density at radius 1 is 1.04 bits per heavy atom. The van der Waals surface area contributed by atoms with Gasteiger partial charge in [0.25, 0.3) is 0 Å². The molecule has 0 saturated heterocycles. The second-order valence-electron chi connectivity index (χ2n) is 5.32. The Bertz CT molecular complexity index is 1000. The SMILES string of the molecule is Cc1cc(-n2cccc2)cc2nc(-c3cccc(Cl)c3Cl)oc12. The maximum atomic E-state index is 6.27. The van der Waals surface area contributed by atoms with Crippen LogP contribution >= 0.6 is 23.2 Å². The molecular formula is C18H12Cl2N2O. The molecule has 0 aliphatic carbocycles. The molecule has 3 nitrogen and oxygen atoms in total. The number of oxazole rings is 1. The van der Waals surface area contributed by atoms with Gasteiger partial charge in [-0.05, 0) is 48.9 Å². The van der Waals surface area contributed by atoms with Gasteiger partial charge in [0.1, 0.15) is 5.52 Å². The quantitative estimate of drug-likeness (QED) is 0.454. The minimum Gasteiger partial charge on any atom is -0.436 e. The van der Waals surface area contributed by atoms with E-state index in [-0.39, 0.29) is 0 Å². The lowest BCUT2D eigenvalue weighted by Crippen LogP contribution is -1.90. The van der Waals surface area contributed by atoms with Crippen molar-refractivity contribution < 1.29 is 4.42 Å². The van der Waals surface area contributed by atoms with E-state index in [1.807, 2.05) is 54.2 Å². The highest BCUT2D eigenvalue weighted by Gasteiger charge is 2.15. The number of halogens is 2. The molecule has 5 heteroatoms. The van der Waals surface area contributed by atoms with Gasteiger partial charge in [-0.1, -0.05) is 29.3 Å². The van der Waals surface area contributed by atoms with E-state index in [1.165, 1.54) is 0 Å². The van der Waals surface area contributed by atoms with Gasteiger partial charge in [0.2, 0.25) is 5.89 Å². The number of hydrogen-bond acceptors (Lipinski definition) is 2. The van der Waals surface area contributed by atoms with Gasteiger partial charge in [0.15, 0.2) is 5.58 Å². The Morgan fingerprint density at radius 3 is 2.61 bits per heavy atom. The van der Waals surface area contributed by atoms with Crippen LogP contribution < -0.4 is 0 Å². The molecule has 0 amide bonds. The maximum Gasteiger partial charge on any atom is 0.228 e. The van der Waals surface area contributed by atoms with Crippen molar-refractivity contribution in [1.29, 1.82) is 0 Å². The lowest BCUT2D eigenvalue weighted by atomic mass is 10.2. The van der Waals surface area contributed by atoms with Crippen molar-refractivity contribution in [2.75, 3.05) is 0 Å². The minimum atomic E-state index is 0.448. The number of nitrogens with zero attached hydrogens (tertiary/aromatic N) is 2. The van der Waals surface area contributed by atoms with Crippen LogP contribution in [0.25, 0.3) is 28.2 Å². The molecule has 0 fully saturated rings.